The number of benzene rings is 2. The maximum Gasteiger partial charge on any atom is 0.108 e. The molecule has 2 nitrogen and oxygen atoms in total. The van der Waals surface area contributed by atoms with Crippen LogP contribution in [0.5, 0.6) is 0 Å². The van der Waals surface area contributed by atoms with Crippen LogP contribution in [0.4, 0.5) is 0 Å². The van der Waals surface area contributed by atoms with Crippen LogP contribution in [0.3, 0.4) is 0 Å². The summed E-state index contributed by atoms with van der Waals surface area (Å²) < 4.78 is 0. The standard InChI is InChI=1S/C20H23ClN2.ClH/c1-2-22-11-13-23(14-12-22)15-20(21)18-9-5-3-7-16(18)17-8-4-6-10-19(17)20;/h3-10H,2,11-15H2,1H3;1H. The molecule has 0 amide bonds. The molecule has 0 unspecified atom stereocenters. The maximum absolute atomic E-state index is 7.28. The number of rotatable bonds is 3. The fourth-order valence-corrected chi connectivity index (χ4v) is 4.51. The van der Waals surface area contributed by atoms with Crippen LogP contribution in [0, 0.1) is 0 Å². The van der Waals surface area contributed by atoms with Crippen molar-refractivity contribution in [2.24, 2.45) is 0 Å². The molecule has 128 valence electrons. The van der Waals surface area contributed by atoms with Gasteiger partial charge in [-0.25, -0.2) is 0 Å². The number of likely N-dealkylation sites (N-methyl/N-ethyl adjacent to an activating group) is 1. The largest absolute Gasteiger partial charge is 0.301 e. The topological polar surface area (TPSA) is 6.48 Å². The second-order valence-electron chi connectivity index (χ2n) is 6.60. The van der Waals surface area contributed by atoms with E-state index < -0.39 is 4.87 Å². The lowest BCUT2D eigenvalue weighted by molar-refractivity contribution is 0.131. The van der Waals surface area contributed by atoms with Gasteiger partial charge in [-0.05, 0) is 28.8 Å². The summed E-state index contributed by atoms with van der Waals surface area (Å²) in [6.45, 7) is 8.77. The highest BCUT2D eigenvalue weighted by molar-refractivity contribution is 6.28. The number of nitrogens with zero attached hydrogens (tertiary/aromatic N) is 2. The van der Waals surface area contributed by atoms with Crippen LogP contribution in [-0.4, -0.2) is 49.1 Å². The van der Waals surface area contributed by atoms with Gasteiger partial charge in [0.05, 0.1) is 0 Å². The van der Waals surface area contributed by atoms with Crippen molar-refractivity contribution in [3.05, 3.63) is 59.7 Å². The number of piperazine rings is 1. The quantitative estimate of drug-likeness (QED) is 0.754. The molecule has 0 radical (unpaired) electrons. The summed E-state index contributed by atoms with van der Waals surface area (Å²) in [5, 5.41) is 0. The SMILES string of the molecule is CCN1CCN(CC2(Cl)c3ccccc3-c3ccccc32)CC1.Cl. The lowest BCUT2D eigenvalue weighted by Crippen LogP contribution is -2.49. The molecule has 24 heavy (non-hydrogen) atoms. The molecule has 4 rings (SSSR count). The van der Waals surface area contributed by atoms with Crippen molar-refractivity contribution in [2.75, 3.05) is 39.3 Å². The molecule has 0 bridgehead atoms. The molecule has 0 saturated carbocycles. The first kappa shape index (κ1) is 17.8. The van der Waals surface area contributed by atoms with E-state index in [0.717, 1.165) is 39.3 Å². The molecule has 1 aliphatic heterocycles. The molecule has 1 fully saturated rings. The monoisotopic (exact) mass is 362 g/mol. The maximum atomic E-state index is 7.28. The van der Waals surface area contributed by atoms with Crippen LogP contribution in [0.2, 0.25) is 0 Å². The number of hydrogen-bond donors (Lipinski definition) is 0. The Kier molecular flexibility index (Phi) is 5.22. The molecule has 1 saturated heterocycles. The predicted molar refractivity (Wildman–Crippen MR) is 104 cm³/mol. The number of alkyl halides is 1. The Morgan fingerprint density at radius 1 is 0.833 bits per heavy atom. The highest BCUT2D eigenvalue weighted by atomic mass is 35.5. The predicted octanol–water partition coefficient (Wildman–Crippen LogP) is 4.21. The fraction of sp³-hybridized carbons (Fsp3) is 0.400. The Morgan fingerprint density at radius 3 is 1.79 bits per heavy atom. The average molecular weight is 363 g/mol. The minimum absolute atomic E-state index is 0. The van der Waals surface area contributed by atoms with E-state index in [9.17, 15) is 0 Å². The summed E-state index contributed by atoms with van der Waals surface area (Å²) in [7, 11) is 0. The summed E-state index contributed by atoms with van der Waals surface area (Å²) in [5.74, 6) is 0. The molecule has 0 N–H and O–H groups in total. The second-order valence-corrected chi connectivity index (χ2v) is 7.25. The third kappa shape index (κ3) is 2.86. The van der Waals surface area contributed by atoms with Crippen molar-refractivity contribution in [3.8, 4) is 11.1 Å². The first-order valence-corrected chi connectivity index (χ1v) is 8.93. The molecule has 4 heteroatoms. The van der Waals surface area contributed by atoms with Crippen LogP contribution in [-0.2, 0) is 4.87 Å². The van der Waals surface area contributed by atoms with Crippen molar-refractivity contribution in [1.82, 2.24) is 9.80 Å². The molecule has 0 spiro atoms. The van der Waals surface area contributed by atoms with Gasteiger partial charge in [0.25, 0.3) is 0 Å². The number of hydrogen-bond acceptors (Lipinski definition) is 2. The summed E-state index contributed by atoms with van der Waals surface area (Å²) in [6, 6.07) is 17.2. The van der Waals surface area contributed by atoms with Crippen molar-refractivity contribution in [2.45, 2.75) is 11.8 Å². The zero-order valence-corrected chi connectivity index (χ0v) is 15.6. The molecule has 0 atom stereocenters. The molecule has 2 aliphatic rings. The van der Waals surface area contributed by atoms with Crippen molar-refractivity contribution < 1.29 is 0 Å². The van der Waals surface area contributed by atoms with E-state index in [2.05, 4.69) is 65.3 Å². The summed E-state index contributed by atoms with van der Waals surface area (Å²) in [6.07, 6.45) is 0. The Balaban J connectivity index is 0.00000169. The van der Waals surface area contributed by atoms with Gasteiger partial charge in [-0.3, -0.25) is 4.90 Å². The van der Waals surface area contributed by atoms with E-state index in [4.69, 9.17) is 11.6 Å². The van der Waals surface area contributed by atoms with Crippen LogP contribution < -0.4 is 0 Å². The van der Waals surface area contributed by atoms with Crippen LogP contribution >= 0.6 is 24.0 Å². The first-order valence-electron chi connectivity index (χ1n) is 8.55. The smallest absolute Gasteiger partial charge is 0.108 e. The van der Waals surface area contributed by atoms with Crippen LogP contribution in [0.1, 0.15) is 18.1 Å². The van der Waals surface area contributed by atoms with Gasteiger partial charge in [-0.15, -0.1) is 24.0 Å². The van der Waals surface area contributed by atoms with Gasteiger partial charge in [-0.1, -0.05) is 55.5 Å². The zero-order valence-electron chi connectivity index (χ0n) is 14.0. The fourth-order valence-electron chi connectivity index (χ4n) is 4.01. The number of fused-ring (bicyclic) bond motifs is 3. The van der Waals surface area contributed by atoms with Crippen LogP contribution in [0.25, 0.3) is 11.1 Å². The Hall–Kier alpha value is -1.06. The summed E-state index contributed by atoms with van der Waals surface area (Å²) in [5.41, 5.74) is 5.12. The molecule has 2 aromatic carbocycles. The van der Waals surface area contributed by atoms with Gasteiger partial charge >= 0.3 is 0 Å². The van der Waals surface area contributed by atoms with E-state index in [1.807, 2.05) is 0 Å². The van der Waals surface area contributed by atoms with Gasteiger partial charge < -0.3 is 4.90 Å². The Morgan fingerprint density at radius 2 is 1.29 bits per heavy atom. The van der Waals surface area contributed by atoms with Crippen molar-refractivity contribution in [3.63, 3.8) is 0 Å². The average Bonchev–Trinajstić information content (AvgIpc) is 2.86. The highest BCUT2D eigenvalue weighted by Crippen LogP contribution is 2.51. The molecule has 1 aliphatic carbocycles. The first-order chi connectivity index (χ1) is 11.2. The van der Waals surface area contributed by atoms with Gasteiger partial charge in [0.1, 0.15) is 4.87 Å². The van der Waals surface area contributed by atoms with E-state index in [1.165, 1.54) is 22.3 Å². The van der Waals surface area contributed by atoms with E-state index in [0.29, 0.717) is 0 Å². The van der Waals surface area contributed by atoms with Crippen molar-refractivity contribution >= 4 is 24.0 Å². The third-order valence-electron chi connectivity index (χ3n) is 5.35. The molecular weight excluding hydrogens is 339 g/mol. The zero-order chi connectivity index (χ0) is 15.9. The minimum Gasteiger partial charge on any atom is -0.301 e. The normalized spacial score (nSPS) is 19.4. The summed E-state index contributed by atoms with van der Waals surface area (Å²) in [4.78, 5) is 4.62. The lowest BCUT2D eigenvalue weighted by Gasteiger charge is -2.38. The minimum atomic E-state index is -0.415. The Labute approximate surface area is 155 Å². The van der Waals surface area contributed by atoms with Gasteiger partial charge in [0.15, 0.2) is 0 Å². The van der Waals surface area contributed by atoms with E-state index in [1.54, 1.807) is 0 Å². The Bertz CT molecular complexity index is 663. The van der Waals surface area contributed by atoms with E-state index >= 15 is 0 Å². The lowest BCUT2D eigenvalue weighted by atomic mass is 9.95. The molecular formula is C20H24Cl2N2. The number of halogens is 2. The van der Waals surface area contributed by atoms with Crippen molar-refractivity contribution in [1.29, 1.82) is 0 Å². The van der Waals surface area contributed by atoms with Gasteiger partial charge in [0, 0.05) is 32.7 Å². The third-order valence-corrected chi connectivity index (χ3v) is 5.88. The summed E-state index contributed by atoms with van der Waals surface area (Å²) >= 11 is 7.28. The van der Waals surface area contributed by atoms with Gasteiger partial charge in [0.2, 0.25) is 0 Å². The highest BCUT2D eigenvalue weighted by Gasteiger charge is 2.42. The molecule has 0 aromatic heterocycles. The second kappa shape index (κ2) is 7.05. The van der Waals surface area contributed by atoms with Gasteiger partial charge in [-0.2, -0.15) is 0 Å². The molecule has 1 heterocycles. The van der Waals surface area contributed by atoms with Crippen LogP contribution in [0.15, 0.2) is 48.5 Å². The molecule has 2 aromatic rings. The van der Waals surface area contributed by atoms with E-state index in [-0.39, 0.29) is 12.4 Å².